The van der Waals surface area contributed by atoms with Gasteiger partial charge in [-0.1, -0.05) is 24.1 Å². The Morgan fingerprint density at radius 1 is 1.45 bits per heavy atom. The van der Waals surface area contributed by atoms with Gasteiger partial charge in [0.1, 0.15) is 0 Å². The highest BCUT2D eigenvalue weighted by Gasteiger charge is 2.03. The molecule has 0 heterocycles. The van der Waals surface area contributed by atoms with Crippen LogP contribution in [0.2, 0.25) is 0 Å². The lowest BCUT2D eigenvalue weighted by atomic mass is 10.3. The monoisotopic (exact) mass is 204 g/mol. The largest absolute Gasteiger partial charge is 0.121 e. The van der Waals surface area contributed by atoms with E-state index >= 15 is 0 Å². The zero-order valence-electron chi connectivity index (χ0n) is 6.48. The molecule has 0 amide bonds. The molecule has 0 saturated carbocycles. The van der Waals surface area contributed by atoms with E-state index in [-0.39, 0.29) is 0 Å². The molecule has 0 unspecified atom stereocenters. The van der Waals surface area contributed by atoms with Crippen LogP contribution in [-0.2, 0) is 0 Å². The van der Waals surface area contributed by atoms with E-state index in [2.05, 4.69) is 12.5 Å². The number of rotatable bonds is 3. The fraction of sp³-hybridized carbons (Fsp3) is 0.250. The van der Waals surface area contributed by atoms with Gasteiger partial charge in [-0.3, -0.25) is 0 Å². The quantitative estimate of drug-likeness (QED) is 0.511. The molecule has 0 atom stereocenters. The van der Waals surface area contributed by atoms with E-state index in [1.807, 2.05) is 12.5 Å². The summed E-state index contributed by atoms with van der Waals surface area (Å²) in [5.41, 5.74) is 0.701. The third-order valence-corrected chi connectivity index (χ3v) is 3.33. The number of terminal acetylenes is 1. The van der Waals surface area contributed by atoms with E-state index in [9.17, 15) is 0 Å². The number of halogens is 1. The van der Waals surface area contributed by atoms with Crippen LogP contribution in [0, 0.1) is 12.3 Å². The Hall–Kier alpha value is 0.0300. The Morgan fingerprint density at radius 3 is 2.00 bits per heavy atom. The second-order valence-corrected chi connectivity index (χ2v) is 3.97. The topological polar surface area (TPSA) is 0 Å². The first-order valence-electron chi connectivity index (χ1n) is 2.81. The summed E-state index contributed by atoms with van der Waals surface area (Å²) < 4.78 is 1.03. The summed E-state index contributed by atoms with van der Waals surface area (Å²) in [5.74, 6) is 2.51. The van der Waals surface area contributed by atoms with Crippen LogP contribution in [-0.4, -0.2) is 12.5 Å². The fourth-order valence-electron chi connectivity index (χ4n) is 0.535. The van der Waals surface area contributed by atoms with Gasteiger partial charge in [-0.2, -0.15) is 0 Å². The van der Waals surface area contributed by atoms with Gasteiger partial charge in [0, 0.05) is 0 Å². The molecule has 0 radical (unpaired) electrons. The van der Waals surface area contributed by atoms with Crippen LogP contribution >= 0.6 is 35.1 Å². The molecule has 0 nitrogen and oxygen atoms in total. The van der Waals surface area contributed by atoms with Crippen LogP contribution in [0.15, 0.2) is 21.4 Å². The fourth-order valence-corrected chi connectivity index (χ4v) is 2.24. The average molecular weight is 205 g/mol. The van der Waals surface area contributed by atoms with Gasteiger partial charge < -0.3 is 0 Å². The molecule has 0 aliphatic heterocycles. The molecule has 3 heteroatoms. The molecular weight excluding hydrogens is 196 g/mol. The minimum Gasteiger partial charge on any atom is -0.121 e. The van der Waals surface area contributed by atoms with E-state index in [1.54, 1.807) is 23.5 Å². The zero-order chi connectivity index (χ0) is 8.85. The molecule has 0 aliphatic carbocycles. The van der Waals surface area contributed by atoms with Crippen molar-refractivity contribution in [3.8, 4) is 12.3 Å². The average Bonchev–Trinajstić information content (AvgIpc) is 1.99. The Bertz CT molecular complexity index is 217. The van der Waals surface area contributed by atoms with Crippen molar-refractivity contribution in [3.63, 3.8) is 0 Å². The molecule has 11 heavy (non-hydrogen) atoms. The molecular formula is C8H9ClS2. The Morgan fingerprint density at radius 2 is 1.91 bits per heavy atom. The van der Waals surface area contributed by atoms with Gasteiger partial charge in [-0.25, -0.2) is 0 Å². The first-order valence-corrected chi connectivity index (χ1v) is 5.63. The third-order valence-electron chi connectivity index (χ3n) is 0.991. The minimum absolute atomic E-state index is 0.436. The van der Waals surface area contributed by atoms with Crippen molar-refractivity contribution >= 4 is 35.1 Å². The lowest BCUT2D eigenvalue weighted by Gasteiger charge is -2.02. The van der Waals surface area contributed by atoms with Gasteiger partial charge in [-0.05, 0) is 12.5 Å². The highest BCUT2D eigenvalue weighted by molar-refractivity contribution is 8.21. The normalized spacial score (nSPS) is 8.55. The molecule has 0 spiro atoms. The summed E-state index contributed by atoms with van der Waals surface area (Å²) in [6.45, 7) is 3.58. The predicted octanol–water partition coefficient (Wildman–Crippen LogP) is 3.31. The summed E-state index contributed by atoms with van der Waals surface area (Å²) in [6, 6.07) is 0. The second kappa shape index (κ2) is 5.65. The van der Waals surface area contributed by atoms with Crippen molar-refractivity contribution in [2.24, 2.45) is 0 Å². The summed E-state index contributed by atoms with van der Waals surface area (Å²) in [5, 5.41) is 0.436. The van der Waals surface area contributed by atoms with Gasteiger partial charge in [-0.15, -0.1) is 29.9 Å². The molecule has 0 aliphatic rings. The van der Waals surface area contributed by atoms with Crippen molar-refractivity contribution in [2.75, 3.05) is 12.5 Å². The first-order chi connectivity index (χ1) is 5.17. The summed E-state index contributed by atoms with van der Waals surface area (Å²) in [6.07, 6.45) is 9.17. The Kier molecular flexibility index (Phi) is 5.67. The highest BCUT2D eigenvalue weighted by atomic mass is 35.5. The van der Waals surface area contributed by atoms with E-state index in [0.717, 1.165) is 4.24 Å². The van der Waals surface area contributed by atoms with Crippen molar-refractivity contribution in [2.45, 2.75) is 0 Å². The van der Waals surface area contributed by atoms with Crippen LogP contribution in [0.1, 0.15) is 0 Å². The Balaban J connectivity index is 4.82. The molecule has 0 aromatic carbocycles. The van der Waals surface area contributed by atoms with Gasteiger partial charge in [0.05, 0.1) is 14.8 Å². The Labute approximate surface area is 81.5 Å². The summed E-state index contributed by atoms with van der Waals surface area (Å²) in [7, 11) is 0. The van der Waals surface area contributed by atoms with Crippen LogP contribution in [0.25, 0.3) is 0 Å². The predicted molar refractivity (Wildman–Crippen MR) is 57.9 cm³/mol. The van der Waals surface area contributed by atoms with Crippen LogP contribution in [0.4, 0.5) is 0 Å². The van der Waals surface area contributed by atoms with Gasteiger partial charge in [0.25, 0.3) is 0 Å². The number of thioether (sulfide) groups is 2. The van der Waals surface area contributed by atoms with Crippen molar-refractivity contribution in [1.82, 2.24) is 0 Å². The number of hydrogen-bond donors (Lipinski definition) is 0. The van der Waals surface area contributed by atoms with Crippen molar-refractivity contribution < 1.29 is 0 Å². The van der Waals surface area contributed by atoms with Gasteiger partial charge in [0.15, 0.2) is 0 Å². The minimum atomic E-state index is 0.436. The van der Waals surface area contributed by atoms with Crippen molar-refractivity contribution in [3.05, 3.63) is 21.4 Å². The van der Waals surface area contributed by atoms with Gasteiger partial charge >= 0.3 is 0 Å². The third kappa shape index (κ3) is 3.29. The second-order valence-electron chi connectivity index (χ2n) is 1.62. The lowest BCUT2D eigenvalue weighted by molar-refractivity contribution is 1.78. The smallest absolute Gasteiger partial charge is 0.0622 e. The van der Waals surface area contributed by atoms with E-state index < -0.39 is 0 Å². The van der Waals surface area contributed by atoms with E-state index in [1.165, 1.54) is 0 Å². The molecule has 0 N–H and O–H groups in total. The van der Waals surface area contributed by atoms with E-state index in [4.69, 9.17) is 18.0 Å². The van der Waals surface area contributed by atoms with Crippen LogP contribution < -0.4 is 0 Å². The maximum atomic E-state index is 5.67. The van der Waals surface area contributed by atoms with Crippen molar-refractivity contribution in [1.29, 1.82) is 0 Å². The molecule has 0 aromatic rings. The number of allylic oxidation sites excluding steroid dienone is 2. The van der Waals surface area contributed by atoms with E-state index in [0.29, 0.717) is 10.6 Å². The molecule has 0 fully saturated rings. The van der Waals surface area contributed by atoms with Crippen LogP contribution in [0.3, 0.4) is 0 Å². The highest BCUT2D eigenvalue weighted by Crippen LogP contribution is 2.31. The molecule has 0 saturated heterocycles. The molecule has 0 bridgehead atoms. The zero-order valence-corrected chi connectivity index (χ0v) is 8.87. The van der Waals surface area contributed by atoms with Gasteiger partial charge in [0.2, 0.25) is 0 Å². The maximum Gasteiger partial charge on any atom is 0.0622 e. The number of hydrogen-bond acceptors (Lipinski definition) is 2. The SMILES string of the molecule is C#CC(C(=C)Cl)=C(SC)SC. The lowest BCUT2D eigenvalue weighted by Crippen LogP contribution is -1.80. The summed E-state index contributed by atoms with van der Waals surface area (Å²) >= 11 is 8.85. The first kappa shape index (κ1) is 11.0. The maximum absolute atomic E-state index is 5.67. The van der Waals surface area contributed by atoms with Crippen LogP contribution in [0.5, 0.6) is 0 Å². The standard InChI is InChI=1S/C8H9ClS2/c1-5-7(6(2)9)8(10-3)11-4/h1H,2H2,3-4H3. The molecule has 60 valence electrons. The molecule has 0 rings (SSSR count). The molecule has 0 aromatic heterocycles. The summed E-state index contributed by atoms with van der Waals surface area (Å²) in [4.78, 5) is 0.